The third kappa shape index (κ3) is 3.15. The number of halogens is 1. The van der Waals surface area contributed by atoms with Gasteiger partial charge in [0.2, 0.25) is 0 Å². The van der Waals surface area contributed by atoms with Crippen LogP contribution < -0.4 is 0 Å². The number of pyridine rings is 1. The first-order chi connectivity index (χ1) is 12.2. The van der Waals surface area contributed by atoms with Gasteiger partial charge in [-0.15, -0.1) is 0 Å². The zero-order chi connectivity index (χ0) is 17.2. The monoisotopic (exact) mass is 352 g/mol. The minimum atomic E-state index is -0.0256. The van der Waals surface area contributed by atoms with Gasteiger partial charge in [0.25, 0.3) is 5.91 Å². The lowest BCUT2D eigenvalue weighted by Gasteiger charge is -2.16. The van der Waals surface area contributed by atoms with Crippen LogP contribution in [0.15, 0.2) is 54.9 Å². The Morgan fingerprint density at radius 1 is 1.20 bits per heavy atom. The minimum Gasteiger partial charge on any atom is -0.337 e. The number of rotatable bonds is 3. The van der Waals surface area contributed by atoms with E-state index < -0.39 is 0 Å². The minimum absolute atomic E-state index is 0.0256. The van der Waals surface area contributed by atoms with E-state index in [1.807, 2.05) is 41.3 Å². The molecule has 6 heteroatoms. The van der Waals surface area contributed by atoms with Gasteiger partial charge in [-0.3, -0.25) is 14.9 Å². The van der Waals surface area contributed by atoms with Gasteiger partial charge >= 0.3 is 0 Å². The number of H-pyrrole nitrogens is 1. The number of likely N-dealkylation sites (tertiary alicyclic amines) is 1. The summed E-state index contributed by atoms with van der Waals surface area (Å²) in [6, 6.07) is 13.4. The van der Waals surface area contributed by atoms with Crippen LogP contribution in [0.1, 0.15) is 28.4 Å². The summed E-state index contributed by atoms with van der Waals surface area (Å²) in [5.41, 5.74) is 3.29. The fraction of sp³-hybridized carbons (Fsp3) is 0.211. The van der Waals surface area contributed by atoms with E-state index in [4.69, 9.17) is 11.6 Å². The molecular weight excluding hydrogens is 336 g/mol. The Kier molecular flexibility index (Phi) is 4.24. The predicted molar refractivity (Wildman–Crippen MR) is 96.5 cm³/mol. The van der Waals surface area contributed by atoms with Crippen molar-refractivity contribution in [3.63, 3.8) is 0 Å². The molecule has 1 saturated heterocycles. The van der Waals surface area contributed by atoms with Gasteiger partial charge in [0.1, 0.15) is 5.69 Å². The van der Waals surface area contributed by atoms with Crippen LogP contribution in [0.4, 0.5) is 0 Å². The van der Waals surface area contributed by atoms with Crippen molar-refractivity contribution >= 4 is 17.5 Å². The van der Waals surface area contributed by atoms with Crippen molar-refractivity contribution in [2.24, 2.45) is 0 Å². The van der Waals surface area contributed by atoms with Crippen molar-refractivity contribution in [3.05, 3.63) is 71.1 Å². The lowest BCUT2D eigenvalue weighted by molar-refractivity contribution is 0.0785. The standard InChI is InChI=1S/C19H17ClN4O/c20-16-4-2-1-3-15(16)14-7-10-24(12-14)19(25)18-11-17(22-23-18)13-5-8-21-9-6-13/h1-6,8-9,11,14H,7,10,12H2,(H,22,23). The summed E-state index contributed by atoms with van der Waals surface area (Å²) in [7, 11) is 0. The van der Waals surface area contributed by atoms with E-state index in [1.165, 1.54) is 0 Å². The highest BCUT2D eigenvalue weighted by atomic mass is 35.5. The maximum absolute atomic E-state index is 12.8. The van der Waals surface area contributed by atoms with Crippen molar-refractivity contribution in [2.45, 2.75) is 12.3 Å². The molecule has 0 saturated carbocycles. The Hall–Kier alpha value is -2.66. The average Bonchev–Trinajstić information content (AvgIpc) is 3.32. The first-order valence-corrected chi connectivity index (χ1v) is 8.59. The van der Waals surface area contributed by atoms with Gasteiger partial charge in [-0.25, -0.2) is 0 Å². The van der Waals surface area contributed by atoms with Crippen LogP contribution in [0, 0.1) is 0 Å². The quantitative estimate of drug-likeness (QED) is 0.780. The summed E-state index contributed by atoms with van der Waals surface area (Å²) < 4.78 is 0. The van der Waals surface area contributed by atoms with E-state index in [0.29, 0.717) is 12.2 Å². The van der Waals surface area contributed by atoms with E-state index in [1.54, 1.807) is 18.5 Å². The fourth-order valence-corrected chi connectivity index (χ4v) is 3.57. The van der Waals surface area contributed by atoms with Crippen LogP contribution in [-0.4, -0.2) is 39.1 Å². The number of hydrogen-bond donors (Lipinski definition) is 1. The number of benzene rings is 1. The molecule has 0 radical (unpaired) electrons. The van der Waals surface area contributed by atoms with E-state index in [0.717, 1.165) is 34.8 Å². The van der Waals surface area contributed by atoms with Crippen molar-refractivity contribution in [1.82, 2.24) is 20.1 Å². The van der Waals surface area contributed by atoms with Crippen molar-refractivity contribution in [2.75, 3.05) is 13.1 Å². The Morgan fingerprint density at radius 3 is 2.80 bits per heavy atom. The van der Waals surface area contributed by atoms with Gasteiger partial charge in [0.15, 0.2) is 0 Å². The summed E-state index contributed by atoms with van der Waals surface area (Å²) in [5, 5.41) is 7.87. The number of nitrogens with one attached hydrogen (secondary N) is 1. The number of amides is 1. The molecule has 5 nitrogen and oxygen atoms in total. The van der Waals surface area contributed by atoms with E-state index in [-0.39, 0.29) is 11.8 Å². The molecule has 1 N–H and O–H groups in total. The van der Waals surface area contributed by atoms with Crippen LogP contribution in [0.5, 0.6) is 0 Å². The molecule has 4 rings (SSSR count). The third-order valence-electron chi connectivity index (χ3n) is 4.60. The molecule has 1 aliphatic heterocycles. The van der Waals surface area contributed by atoms with Gasteiger partial charge in [-0.1, -0.05) is 29.8 Å². The van der Waals surface area contributed by atoms with Gasteiger partial charge in [-0.05, 0) is 36.2 Å². The summed E-state index contributed by atoms with van der Waals surface area (Å²) in [4.78, 5) is 18.6. The number of hydrogen-bond acceptors (Lipinski definition) is 3. The predicted octanol–water partition coefficient (Wildman–Crippen LogP) is 3.75. The third-order valence-corrected chi connectivity index (χ3v) is 4.95. The molecule has 0 bridgehead atoms. The maximum atomic E-state index is 12.8. The van der Waals surface area contributed by atoms with Gasteiger partial charge in [0, 0.05) is 42.0 Å². The molecule has 25 heavy (non-hydrogen) atoms. The van der Waals surface area contributed by atoms with Crippen molar-refractivity contribution in [3.8, 4) is 11.3 Å². The van der Waals surface area contributed by atoms with Gasteiger partial charge < -0.3 is 4.90 Å². The second-order valence-corrected chi connectivity index (χ2v) is 6.57. The summed E-state index contributed by atoms with van der Waals surface area (Å²) in [5.74, 6) is 0.252. The van der Waals surface area contributed by atoms with Crippen LogP contribution in [0.3, 0.4) is 0 Å². The van der Waals surface area contributed by atoms with Crippen LogP contribution >= 0.6 is 11.6 Å². The lowest BCUT2D eigenvalue weighted by atomic mass is 9.98. The zero-order valence-corrected chi connectivity index (χ0v) is 14.3. The second-order valence-electron chi connectivity index (χ2n) is 6.16. The molecule has 1 aliphatic rings. The molecule has 3 aromatic rings. The molecule has 1 aromatic carbocycles. The molecule has 2 aromatic heterocycles. The lowest BCUT2D eigenvalue weighted by Crippen LogP contribution is -2.28. The highest BCUT2D eigenvalue weighted by molar-refractivity contribution is 6.31. The SMILES string of the molecule is O=C(c1cc(-c2ccncc2)n[nH]1)N1CCC(c2ccccc2Cl)C1. The van der Waals surface area contributed by atoms with Crippen LogP contribution in [-0.2, 0) is 0 Å². The number of nitrogens with zero attached hydrogens (tertiary/aromatic N) is 3. The highest BCUT2D eigenvalue weighted by Crippen LogP contribution is 2.32. The van der Waals surface area contributed by atoms with E-state index in [2.05, 4.69) is 15.2 Å². The molecule has 0 spiro atoms. The first-order valence-electron chi connectivity index (χ1n) is 8.22. The Balaban J connectivity index is 1.49. The Morgan fingerprint density at radius 2 is 2.00 bits per heavy atom. The largest absolute Gasteiger partial charge is 0.337 e. The molecule has 1 amide bonds. The molecule has 0 aliphatic carbocycles. The number of carbonyl (C=O) groups excluding carboxylic acids is 1. The van der Waals surface area contributed by atoms with Crippen molar-refractivity contribution in [1.29, 1.82) is 0 Å². The highest BCUT2D eigenvalue weighted by Gasteiger charge is 2.29. The number of aromatic nitrogens is 3. The van der Waals surface area contributed by atoms with Crippen LogP contribution in [0.2, 0.25) is 5.02 Å². The summed E-state index contributed by atoms with van der Waals surface area (Å²) in [6.45, 7) is 1.39. The normalized spacial score (nSPS) is 17.0. The zero-order valence-electron chi connectivity index (χ0n) is 13.5. The summed E-state index contributed by atoms with van der Waals surface area (Å²) >= 11 is 6.30. The first kappa shape index (κ1) is 15.8. The fourth-order valence-electron chi connectivity index (χ4n) is 3.28. The number of aromatic amines is 1. The maximum Gasteiger partial charge on any atom is 0.271 e. The Bertz CT molecular complexity index is 893. The molecular formula is C19H17ClN4O. The smallest absolute Gasteiger partial charge is 0.271 e. The Labute approximate surface area is 150 Å². The molecule has 126 valence electrons. The van der Waals surface area contributed by atoms with Gasteiger partial charge in [-0.2, -0.15) is 5.10 Å². The van der Waals surface area contributed by atoms with E-state index >= 15 is 0 Å². The van der Waals surface area contributed by atoms with Crippen molar-refractivity contribution < 1.29 is 4.79 Å². The summed E-state index contributed by atoms with van der Waals surface area (Å²) in [6.07, 6.45) is 4.33. The molecule has 3 heterocycles. The molecule has 1 unspecified atom stereocenters. The number of carbonyl (C=O) groups is 1. The van der Waals surface area contributed by atoms with Gasteiger partial charge in [0.05, 0.1) is 5.69 Å². The average molecular weight is 353 g/mol. The van der Waals surface area contributed by atoms with E-state index in [9.17, 15) is 4.79 Å². The molecule has 1 fully saturated rings. The van der Waals surface area contributed by atoms with Crippen LogP contribution in [0.25, 0.3) is 11.3 Å². The topological polar surface area (TPSA) is 61.9 Å². The molecule has 1 atom stereocenters. The second kappa shape index (κ2) is 6.69.